The molecule has 1 aromatic rings. The highest BCUT2D eigenvalue weighted by molar-refractivity contribution is 5.72. The van der Waals surface area contributed by atoms with Crippen LogP contribution in [0.3, 0.4) is 0 Å². The summed E-state index contributed by atoms with van der Waals surface area (Å²) in [5.74, 6) is -0.136. The van der Waals surface area contributed by atoms with Crippen molar-refractivity contribution in [3.05, 3.63) is 35.9 Å². The Kier molecular flexibility index (Phi) is 3.06. The van der Waals surface area contributed by atoms with Crippen LogP contribution in [0.2, 0.25) is 0 Å². The van der Waals surface area contributed by atoms with Gasteiger partial charge in [-0.2, -0.15) is 5.06 Å². The molecular weight excluding hydrogens is 230 g/mol. The highest BCUT2D eigenvalue weighted by atomic mass is 16.7. The second kappa shape index (κ2) is 4.71. The first-order valence-electron chi connectivity index (χ1n) is 6.44. The van der Waals surface area contributed by atoms with Crippen LogP contribution in [0.25, 0.3) is 0 Å². The maximum Gasteiger partial charge on any atom is 0.309 e. The molecule has 18 heavy (non-hydrogen) atoms. The smallest absolute Gasteiger partial charge is 0.309 e. The third-order valence-corrected chi connectivity index (χ3v) is 3.62. The van der Waals surface area contributed by atoms with E-state index in [1.165, 1.54) is 5.56 Å². The van der Waals surface area contributed by atoms with Gasteiger partial charge in [-0.25, -0.2) is 0 Å². The van der Waals surface area contributed by atoms with Crippen molar-refractivity contribution >= 4 is 5.97 Å². The zero-order valence-electron chi connectivity index (χ0n) is 10.4. The molecule has 2 aliphatic heterocycles. The van der Waals surface area contributed by atoms with E-state index in [-0.39, 0.29) is 24.2 Å². The number of carbonyl (C=O) groups excluding carboxylic acids is 1. The first kappa shape index (κ1) is 11.7. The minimum Gasteiger partial charge on any atom is -0.458 e. The molecule has 4 nitrogen and oxygen atoms in total. The minimum atomic E-state index is -0.136. The van der Waals surface area contributed by atoms with E-state index in [0.717, 1.165) is 13.0 Å². The third kappa shape index (κ3) is 2.02. The third-order valence-electron chi connectivity index (χ3n) is 3.62. The largest absolute Gasteiger partial charge is 0.458 e. The molecule has 3 rings (SSSR count). The van der Waals surface area contributed by atoms with Gasteiger partial charge in [-0.05, 0) is 12.0 Å². The summed E-state index contributed by atoms with van der Waals surface area (Å²) in [5.41, 5.74) is 1.21. The molecule has 2 aliphatic rings. The van der Waals surface area contributed by atoms with E-state index in [1.807, 2.05) is 23.3 Å². The maximum atomic E-state index is 11.3. The van der Waals surface area contributed by atoms with Gasteiger partial charge in [0.1, 0.15) is 12.2 Å². The molecule has 0 radical (unpaired) electrons. The van der Waals surface area contributed by atoms with Crippen molar-refractivity contribution in [2.45, 2.75) is 44.6 Å². The van der Waals surface area contributed by atoms with Gasteiger partial charge in [0, 0.05) is 6.54 Å². The molecule has 0 spiro atoms. The first-order chi connectivity index (χ1) is 8.78. The quantitative estimate of drug-likeness (QED) is 0.765. The van der Waals surface area contributed by atoms with E-state index >= 15 is 0 Å². The number of benzene rings is 1. The second-order valence-electron chi connectivity index (χ2n) is 4.84. The van der Waals surface area contributed by atoms with Gasteiger partial charge >= 0.3 is 5.97 Å². The molecule has 3 atom stereocenters. The molecule has 2 heterocycles. The fraction of sp³-hybridized carbons (Fsp3) is 0.500. The summed E-state index contributed by atoms with van der Waals surface area (Å²) in [6.45, 7) is 2.84. The molecule has 4 heteroatoms. The van der Waals surface area contributed by atoms with Crippen molar-refractivity contribution in [2.75, 3.05) is 0 Å². The zero-order valence-corrected chi connectivity index (χ0v) is 10.4. The lowest BCUT2D eigenvalue weighted by molar-refractivity contribution is -0.174. The van der Waals surface area contributed by atoms with Gasteiger partial charge in [-0.15, -0.1) is 0 Å². The molecule has 1 aromatic carbocycles. The topological polar surface area (TPSA) is 38.8 Å². The second-order valence-corrected chi connectivity index (χ2v) is 4.84. The highest BCUT2D eigenvalue weighted by Gasteiger charge is 2.49. The van der Waals surface area contributed by atoms with Crippen molar-refractivity contribution in [2.24, 2.45) is 0 Å². The Hall–Kier alpha value is -1.39. The molecule has 96 valence electrons. The van der Waals surface area contributed by atoms with Crippen molar-refractivity contribution in [3.8, 4) is 0 Å². The van der Waals surface area contributed by atoms with E-state index in [1.54, 1.807) is 0 Å². The number of carbonyl (C=O) groups is 1. The van der Waals surface area contributed by atoms with Crippen LogP contribution in [-0.4, -0.2) is 29.3 Å². The summed E-state index contributed by atoms with van der Waals surface area (Å²) in [7, 11) is 0. The van der Waals surface area contributed by atoms with E-state index in [0.29, 0.717) is 6.42 Å². The molecule has 0 aliphatic carbocycles. The monoisotopic (exact) mass is 247 g/mol. The van der Waals surface area contributed by atoms with Crippen LogP contribution in [0.15, 0.2) is 30.3 Å². The summed E-state index contributed by atoms with van der Waals surface area (Å²) < 4.78 is 5.35. The molecule has 0 aromatic heterocycles. The molecule has 0 amide bonds. The maximum absolute atomic E-state index is 11.3. The van der Waals surface area contributed by atoms with Gasteiger partial charge in [0.15, 0.2) is 0 Å². The number of fused-ring (bicyclic) bond motifs is 1. The number of rotatable bonds is 3. The first-order valence-corrected chi connectivity index (χ1v) is 6.44. The number of hydrogen-bond acceptors (Lipinski definition) is 4. The van der Waals surface area contributed by atoms with Gasteiger partial charge < -0.3 is 4.74 Å². The summed E-state index contributed by atoms with van der Waals surface area (Å²) in [6, 6.07) is 10.4. The lowest BCUT2D eigenvalue weighted by Gasteiger charge is -2.23. The lowest BCUT2D eigenvalue weighted by Crippen LogP contribution is -2.35. The summed E-state index contributed by atoms with van der Waals surface area (Å²) in [5, 5.41) is 1.97. The molecule has 2 saturated heterocycles. The summed E-state index contributed by atoms with van der Waals surface area (Å²) in [6.07, 6.45) is 1.12. The van der Waals surface area contributed by atoms with Crippen molar-refractivity contribution in [1.29, 1.82) is 0 Å². The molecule has 0 N–H and O–H groups in total. The van der Waals surface area contributed by atoms with Crippen molar-refractivity contribution in [1.82, 2.24) is 5.06 Å². The van der Waals surface area contributed by atoms with Crippen LogP contribution in [-0.2, 0) is 20.9 Å². The van der Waals surface area contributed by atoms with E-state index in [2.05, 4.69) is 19.1 Å². The standard InChI is InChI=1S/C14H17NO3/c1-2-11-14-12(8-13(16)17-14)18-15(11)9-10-6-4-3-5-7-10/h3-7,11-12,14H,2,8-9H2,1H3/t11-,12+,14+/m0/s1. The van der Waals surface area contributed by atoms with Crippen molar-refractivity contribution < 1.29 is 14.4 Å². The number of ether oxygens (including phenoxy) is 1. The average Bonchev–Trinajstić information content (AvgIpc) is 2.85. The Balaban J connectivity index is 1.72. The van der Waals surface area contributed by atoms with Gasteiger partial charge in [0.05, 0.1) is 12.5 Å². The molecule has 2 fully saturated rings. The Morgan fingerprint density at radius 3 is 2.83 bits per heavy atom. The Morgan fingerprint density at radius 2 is 2.11 bits per heavy atom. The number of hydroxylamine groups is 2. The van der Waals surface area contributed by atoms with Crippen LogP contribution in [0.1, 0.15) is 25.3 Å². The van der Waals surface area contributed by atoms with Gasteiger partial charge in [-0.3, -0.25) is 9.63 Å². The van der Waals surface area contributed by atoms with Gasteiger partial charge in [0.25, 0.3) is 0 Å². The molecule has 0 unspecified atom stereocenters. The zero-order chi connectivity index (χ0) is 12.5. The fourth-order valence-electron chi connectivity index (χ4n) is 2.75. The van der Waals surface area contributed by atoms with Gasteiger partial charge in [0.2, 0.25) is 0 Å². The van der Waals surface area contributed by atoms with E-state index < -0.39 is 0 Å². The Labute approximate surface area is 106 Å². The van der Waals surface area contributed by atoms with Crippen LogP contribution in [0.4, 0.5) is 0 Å². The lowest BCUT2D eigenvalue weighted by atomic mass is 10.0. The minimum absolute atomic E-state index is 0.0915. The molecular formula is C14H17NO3. The normalized spacial score (nSPS) is 31.4. The number of esters is 1. The average molecular weight is 247 g/mol. The fourth-order valence-corrected chi connectivity index (χ4v) is 2.75. The predicted octanol–water partition coefficient (Wildman–Crippen LogP) is 1.90. The van der Waals surface area contributed by atoms with E-state index in [9.17, 15) is 4.79 Å². The molecule has 0 bridgehead atoms. The summed E-state index contributed by atoms with van der Waals surface area (Å²) >= 11 is 0. The SMILES string of the molecule is CC[C@H]1[C@H]2OC(=O)C[C@H]2ON1Cc1ccccc1. The predicted molar refractivity (Wildman–Crippen MR) is 65.4 cm³/mol. The van der Waals surface area contributed by atoms with Crippen LogP contribution < -0.4 is 0 Å². The van der Waals surface area contributed by atoms with Crippen molar-refractivity contribution in [3.63, 3.8) is 0 Å². The Bertz CT molecular complexity index is 434. The van der Waals surface area contributed by atoms with Gasteiger partial charge in [-0.1, -0.05) is 37.3 Å². The van der Waals surface area contributed by atoms with Crippen LogP contribution in [0, 0.1) is 0 Å². The van der Waals surface area contributed by atoms with E-state index in [4.69, 9.17) is 9.57 Å². The van der Waals surface area contributed by atoms with Crippen LogP contribution >= 0.6 is 0 Å². The highest BCUT2D eigenvalue weighted by Crippen LogP contribution is 2.34. The number of hydrogen-bond donors (Lipinski definition) is 0. The molecule has 0 saturated carbocycles. The Morgan fingerprint density at radius 1 is 1.33 bits per heavy atom. The summed E-state index contributed by atoms with van der Waals surface area (Å²) in [4.78, 5) is 17.1. The van der Waals surface area contributed by atoms with Crippen LogP contribution in [0.5, 0.6) is 0 Å². The number of nitrogens with zero attached hydrogens (tertiary/aromatic N) is 1.